The van der Waals surface area contributed by atoms with Crippen LogP contribution in [0.2, 0.25) is 0 Å². The fourth-order valence-electron chi connectivity index (χ4n) is 4.28. The Morgan fingerprint density at radius 2 is 1.88 bits per heavy atom. The second kappa shape index (κ2) is 9.58. The smallest absolute Gasteiger partial charge is 0.258 e. The molecule has 1 aliphatic heterocycles. The van der Waals surface area contributed by atoms with E-state index in [1.54, 1.807) is 24.7 Å². The predicted molar refractivity (Wildman–Crippen MR) is 125 cm³/mol. The van der Waals surface area contributed by atoms with Crippen molar-refractivity contribution in [2.75, 3.05) is 45.4 Å². The van der Waals surface area contributed by atoms with Crippen molar-refractivity contribution in [2.24, 2.45) is 0 Å². The third-order valence-electron chi connectivity index (χ3n) is 6.01. The number of aromatic nitrogens is 2. The number of hydrogen-bond donors (Lipinski definition) is 2. The SMILES string of the molecule is COc1ccc(-c2cc(=O)n3cc(N4CCC(NCCO)CC4)cc(C)c3n2)cc1OC. The molecular weight excluding hydrogens is 408 g/mol. The number of fused-ring (bicyclic) bond motifs is 1. The van der Waals surface area contributed by atoms with Crippen LogP contribution in [0.3, 0.4) is 0 Å². The van der Waals surface area contributed by atoms with E-state index in [0.29, 0.717) is 35.4 Å². The van der Waals surface area contributed by atoms with E-state index in [1.807, 2.05) is 31.3 Å². The molecule has 4 rings (SSSR count). The number of nitrogens with zero attached hydrogens (tertiary/aromatic N) is 3. The quantitative estimate of drug-likeness (QED) is 0.585. The molecule has 0 radical (unpaired) electrons. The Morgan fingerprint density at radius 3 is 2.56 bits per heavy atom. The van der Waals surface area contributed by atoms with Gasteiger partial charge in [-0.25, -0.2) is 4.98 Å². The number of ether oxygens (including phenoxy) is 2. The molecule has 2 N–H and O–H groups in total. The summed E-state index contributed by atoms with van der Waals surface area (Å²) in [5.41, 5.74) is 3.89. The van der Waals surface area contributed by atoms with E-state index in [9.17, 15) is 4.79 Å². The Labute approximate surface area is 187 Å². The molecule has 0 bridgehead atoms. The molecule has 2 aromatic heterocycles. The highest BCUT2D eigenvalue weighted by molar-refractivity contribution is 5.67. The minimum absolute atomic E-state index is 0.121. The number of pyridine rings is 1. The van der Waals surface area contributed by atoms with Crippen LogP contribution in [0.25, 0.3) is 16.9 Å². The number of nitrogens with one attached hydrogen (secondary N) is 1. The summed E-state index contributed by atoms with van der Waals surface area (Å²) >= 11 is 0. The van der Waals surface area contributed by atoms with E-state index in [-0.39, 0.29) is 12.2 Å². The Hall–Kier alpha value is -3.10. The van der Waals surface area contributed by atoms with Gasteiger partial charge in [0, 0.05) is 43.5 Å². The summed E-state index contributed by atoms with van der Waals surface area (Å²) in [7, 11) is 3.18. The van der Waals surface area contributed by atoms with E-state index < -0.39 is 0 Å². The minimum atomic E-state index is -0.121. The van der Waals surface area contributed by atoms with E-state index in [4.69, 9.17) is 19.6 Å². The third-order valence-corrected chi connectivity index (χ3v) is 6.01. The molecule has 3 heterocycles. The summed E-state index contributed by atoms with van der Waals surface area (Å²) in [4.78, 5) is 20.1. The lowest BCUT2D eigenvalue weighted by Crippen LogP contribution is -2.43. The van der Waals surface area contributed by atoms with Crippen LogP contribution in [-0.2, 0) is 0 Å². The van der Waals surface area contributed by atoms with Crippen LogP contribution in [0.5, 0.6) is 11.5 Å². The molecule has 0 spiro atoms. The highest BCUT2D eigenvalue weighted by atomic mass is 16.5. The van der Waals surface area contributed by atoms with Crippen LogP contribution in [0.4, 0.5) is 5.69 Å². The van der Waals surface area contributed by atoms with Gasteiger partial charge in [0.05, 0.1) is 32.2 Å². The second-order valence-electron chi connectivity index (χ2n) is 8.06. The van der Waals surface area contributed by atoms with Gasteiger partial charge in [-0.05, 0) is 49.6 Å². The zero-order valence-electron chi connectivity index (χ0n) is 18.8. The van der Waals surface area contributed by atoms with Crippen LogP contribution in [0.15, 0.2) is 41.3 Å². The lowest BCUT2D eigenvalue weighted by atomic mass is 10.0. The van der Waals surface area contributed by atoms with Crippen LogP contribution < -0.4 is 25.2 Å². The molecule has 1 aromatic carbocycles. The standard InChI is InChI=1S/C24H30N4O4/c1-16-12-19(27-9-6-18(7-10-27)25-8-11-29)15-28-23(30)14-20(26-24(16)28)17-4-5-21(31-2)22(13-17)32-3/h4-5,12-15,18,25,29H,6-11H2,1-3H3. The third kappa shape index (κ3) is 4.42. The molecule has 0 aliphatic carbocycles. The van der Waals surface area contributed by atoms with Gasteiger partial charge < -0.3 is 24.8 Å². The molecular formula is C24H30N4O4. The maximum atomic E-state index is 13.0. The molecule has 170 valence electrons. The Balaban J connectivity index is 1.64. The van der Waals surface area contributed by atoms with Gasteiger partial charge in [-0.15, -0.1) is 0 Å². The fraction of sp³-hybridized carbons (Fsp3) is 0.417. The summed E-state index contributed by atoms with van der Waals surface area (Å²) in [5, 5.41) is 12.4. The summed E-state index contributed by atoms with van der Waals surface area (Å²) in [6.07, 6.45) is 3.89. The van der Waals surface area contributed by atoms with Crippen LogP contribution in [0, 0.1) is 6.92 Å². The average molecular weight is 439 g/mol. The van der Waals surface area contributed by atoms with Gasteiger partial charge >= 0.3 is 0 Å². The normalized spacial score (nSPS) is 14.7. The summed E-state index contributed by atoms with van der Waals surface area (Å²) in [5.74, 6) is 1.22. The van der Waals surface area contributed by atoms with E-state index in [1.165, 1.54) is 0 Å². The van der Waals surface area contributed by atoms with Crippen molar-refractivity contribution in [1.82, 2.24) is 14.7 Å². The Bertz CT molecular complexity index is 1150. The monoisotopic (exact) mass is 438 g/mol. The van der Waals surface area contributed by atoms with Crippen molar-refractivity contribution < 1.29 is 14.6 Å². The van der Waals surface area contributed by atoms with E-state index in [0.717, 1.165) is 42.7 Å². The number of methoxy groups -OCH3 is 2. The van der Waals surface area contributed by atoms with Gasteiger partial charge in [-0.1, -0.05) is 0 Å². The van der Waals surface area contributed by atoms with E-state index in [2.05, 4.69) is 16.3 Å². The van der Waals surface area contributed by atoms with Gasteiger partial charge in [0.1, 0.15) is 5.65 Å². The van der Waals surface area contributed by atoms with Crippen LogP contribution in [-0.4, -0.2) is 61.0 Å². The lowest BCUT2D eigenvalue weighted by molar-refractivity contribution is 0.277. The van der Waals surface area contributed by atoms with Crippen molar-refractivity contribution in [3.05, 3.63) is 52.4 Å². The molecule has 1 saturated heterocycles. The number of benzene rings is 1. The first-order valence-electron chi connectivity index (χ1n) is 10.9. The number of piperidine rings is 1. The van der Waals surface area contributed by atoms with Crippen molar-refractivity contribution in [3.63, 3.8) is 0 Å². The predicted octanol–water partition coefficient (Wildman–Crippen LogP) is 2.24. The van der Waals surface area contributed by atoms with Gasteiger partial charge in [-0.3, -0.25) is 9.20 Å². The number of rotatable bonds is 7. The second-order valence-corrected chi connectivity index (χ2v) is 8.06. The topological polar surface area (TPSA) is 88.3 Å². The van der Waals surface area contributed by atoms with Crippen molar-refractivity contribution in [1.29, 1.82) is 0 Å². The average Bonchev–Trinajstić information content (AvgIpc) is 2.82. The minimum Gasteiger partial charge on any atom is -0.493 e. The van der Waals surface area contributed by atoms with Crippen molar-refractivity contribution in [2.45, 2.75) is 25.8 Å². The molecule has 3 aromatic rings. The molecule has 1 fully saturated rings. The lowest BCUT2D eigenvalue weighted by Gasteiger charge is -2.34. The number of anilines is 1. The van der Waals surface area contributed by atoms with E-state index >= 15 is 0 Å². The maximum Gasteiger partial charge on any atom is 0.258 e. The number of aryl methyl sites for hydroxylation is 1. The number of aliphatic hydroxyl groups is 1. The summed E-state index contributed by atoms with van der Waals surface area (Å²) in [6, 6.07) is 9.60. The highest BCUT2D eigenvalue weighted by Crippen LogP contribution is 2.32. The Kier molecular flexibility index (Phi) is 6.62. The highest BCUT2D eigenvalue weighted by Gasteiger charge is 2.20. The largest absolute Gasteiger partial charge is 0.493 e. The molecule has 1 aliphatic rings. The van der Waals surface area contributed by atoms with Gasteiger partial charge in [-0.2, -0.15) is 0 Å². The van der Waals surface area contributed by atoms with Crippen molar-refractivity contribution >= 4 is 11.3 Å². The molecule has 0 unspecified atom stereocenters. The molecule has 0 atom stereocenters. The zero-order valence-corrected chi connectivity index (χ0v) is 18.8. The first-order valence-corrected chi connectivity index (χ1v) is 10.9. The maximum absolute atomic E-state index is 13.0. The molecule has 0 amide bonds. The molecule has 8 heteroatoms. The number of hydrogen-bond acceptors (Lipinski definition) is 7. The van der Waals surface area contributed by atoms with Crippen molar-refractivity contribution in [3.8, 4) is 22.8 Å². The molecule has 0 saturated carbocycles. The summed E-state index contributed by atoms with van der Waals surface area (Å²) in [6.45, 7) is 4.58. The summed E-state index contributed by atoms with van der Waals surface area (Å²) < 4.78 is 12.3. The van der Waals surface area contributed by atoms with Gasteiger partial charge in [0.25, 0.3) is 5.56 Å². The molecule has 32 heavy (non-hydrogen) atoms. The Morgan fingerprint density at radius 1 is 1.12 bits per heavy atom. The fourth-order valence-corrected chi connectivity index (χ4v) is 4.28. The van der Waals surface area contributed by atoms with Crippen LogP contribution in [0.1, 0.15) is 18.4 Å². The first kappa shape index (κ1) is 22.1. The number of aliphatic hydroxyl groups excluding tert-OH is 1. The van der Waals surface area contributed by atoms with Gasteiger partial charge in [0.2, 0.25) is 0 Å². The zero-order chi connectivity index (χ0) is 22.7. The molecule has 8 nitrogen and oxygen atoms in total. The van der Waals surface area contributed by atoms with Gasteiger partial charge in [0.15, 0.2) is 11.5 Å². The van der Waals surface area contributed by atoms with Crippen LogP contribution >= 0.6 is 0 Å². The first-order chi connectivity index (χ1) is 15.5.